The van der Waals surface area contributed by atoms with E-state index in [4.69, 9.17) is 24.2 Å². The van der Waals surface area contributed by atoms with Crippen LogP contribution in [0.2, 0.25) is 0 Å². The van der Waals surface area contributed by atoms with E-state index in [9.17, 15) is 5.26 Å². The predicted molar refractivity (Wildman–Crippen MR) is 145 cm³/mol. The van der Waals surface area contributed by atoms with Crippen LogP contribution in [0.1, 0.15) is 19.4 Å². The summed E-state index contributed by atoms with van der Waals surface area (Å²) in [4.78, 5) is 9.55. The molecule has 1 heterocycles. The highest BCUT2D eigenvalue weighted by atomic mass is 32.2. The van der Waals surface area contributed by atoms with Crippen LogP contribution in [0.25, 0.3) is 22.0 Å². The van der Waals surface area contributed by atoms with E-state index in [1.807, 2.05) is 30.3 Å². The number of hydrogen-bond acceptors (Lipinski definition) is 8. The molecule has 0 radical (unpaired) electrons. The minimum atomic E-state index is 0.325. The summed E-state index contributed by atoms with van der Waals surface area (Å²) in [6, 6.07) is 20.0. The monoisotopic (exact) mass is 500 g/mol. The minimum Gasteiger partial charge on any atom is -0.493 e. The second kappa shape index (κ2) is 11.2. The Hall–Kier alpha value is -3.96. The van der Waals surface area contributed by atoms with E-state index in [1.54, 1.807) is 45.2 Å². The van der Waals surface area contributed by atoms with Crippen LogP contribution in [0.15, 0.2) is 59.8 Å². The summed E-state index contributed by atoms with van der Waals surface area (Å²) in [5, 5.41) is 16.4. The van der Waals surface area contributed by atoms with Crippen molar-refractivity contribution in [3.8, 4) is 34.6 Å². The van der Waals surface area contributed by atoms with Gasteiger partial charge in [0.2, 0.25) is 5.75 Å². The maximum Gasteiger partial charge on any atom is 0.203 e. The molecule has 0 aliphatic heterocycles. The van der Waals surface area contributed by atoms with Crippen molar-refractivity contribution in [2.24, 2.45) is 5.92 Å². The number of aromatic nitrogens is 2. The van der Waals surface area contributed by atoms with Gasteiger partial charge in [-0.15, -0.1) is 0 Å². The Balaban J connectivity index is 1.91. The number of methoxy groups -OCH3 is 3. The molecule has 0 saturated carbocycles. The fourth-order valence-electron chi connectivity index (χ4n) is 3.83. The first-order valence-electron chi connectivity index (χ1n) is 11.5. The number of rotatable bonds is 9. The number of fused-ring (bicyclic) bond motifs is 1. The summed E-state index contributed by atoms with van der Waals surface area (Å²) in [6.07, 6.45) is 0. The number of benzene rings is 3. The fourth-order valence-corrected chi connectivity index (χ4v) is 4.63. The van der Waals surface area contributed by atoms with Crippen molar-refractivity contribution in [3.63, 3.8) is 0 Å². The zero-order chi connectivity index (χ0) is 25.7. The second-order valence-electron chi connectivity index (χ2n) is 8.46. The standard InChI is InChI=1S/C28H28N4O3S/c1-17(2)16-36-28-31-25(19-13-23(33-3)26(35-5)24(14-19)34-4)21(15-29)27(32-28)30-22-12-8-10-18-9-6-7-11-20(18)22/h6-14,17H,16H2,1-5H3,(H,30,31,32). The van der Waals surface area contributed by atoms with Gasteiger partial charge in [-0.05, 0) is 29.5 Å². The molecular formula is C28H28N4O3S. The summed E-state index contributed by atoms with van der Waals surface area (Å²) in [6.45, 7) is 4.29. The Kier molecular flexibility index (Phi) is 7.81. The van der Waals surface area contributed by atoms with Gasteiger partial charge in [0, 0.05) is 22.4 Å². The number of nitriles is 1. The molecule has 4 aromatic rings. The molecule has 0 amide bonds. The lowest BCUT2D eigenvalue weighted by Crippen LogP contribution is -2.05. The molecule has 1 N–H and O–H groups in total. The molecule has 0 spiro atoms. The van der Waals surface area contributed by atoms with Crippen molar-refractivity contribution < 1.29 is 14.2 Å². The van der Waals surface area contributed by atoms with Crippen LogP contribution in [-0.2, 0) is 0 Å². The van der Waals surface area contributed by atoms with E-state index in [1.165, 1.54) is 0 Å². The van der Waals surface area contributed by atoms with E-state index in [0.29, 0.717) is 51.0 Å². The molecular weight excluding hydrogens is 472 g/mol. The zero-order valence-electron chi connectivity index (χ0n) is 21.0. The van der Waals surface area contributed by atoms with Gasteiger partial charge in [-0.1, -0.05) is 62.0 Å². The normalized spacial score (nSPS) is 10.8. The summed E-state index contributed by atoms with van der Waals surface area (Å²) in [5.41, 5.74) is 2.33. The number of ether oxygens (including phenoxy) is 3. The van der Waals surface area contributed by atoms with Crippen molar-refractivity contribution in [3.05, 3.63) is 60.2 Å². The molecule has 0 aliphatic carbocycles. The lowest BCUT2D eigenvalue weighted by atomic mass is 10.0. The van der Waals surface area contributed by atoms with Gasteiger partial charge in [-0.2, -0.15) is 5.26 Å². The Bertz CT molecular complexity index is 1400. The van der Waals surface area contributed by atoms with Crippen molar-refractivity contribution in [1.29, 1.82) is 5.26 Å². The Morgan fingerprint density at radius 2 is 1.64 bits per heavy atom. The summed E-state index contributed by atoms with van der Waals surface area (Å²) < 4.78 is 16.6. The highest BCUT2D eigenvalue weighted by Gasteiger charge is 2.21. The van der Waals surface area contributed by atoms with Gasteiger partial charge in [-0.25, -0.2) is 9.97 Å². The third-order valence-corrected chi connectivity index (χ3v) is 6.80. The SMILES string of the molecule is COc1cc(-c2nc(SCC(C)C)nc(Nc3cccc4ccccc34)c2C#N)cc(OC)c1OC. The highest BCUT2D eigenvalue weighted by Crippen LogP contribution is 2.42. The number of nitrogens with one attached hydrogen (secondary N) is 1. The largest absolute Gasteiger partial charge is 0.493 e. The van der Waals surface area contributed by atoms with Crippen LogP contribution >= 0.6 is 11.8 Å². The molecule has 8 heteroatoms. The van der Waals surface area contributed by atoms with Crippen LogP contribution in [0.3, 0.4) is 0 Å². The molecule has 0 aliphatic rings. The van der Waals surface area contributed by atoms with E-state index in [2.05, 4.69) is 37.4 Å². The second-order valence-corrected chi connectivity index (χ2v) is 9.45. The van der Waals surface area contributed by atoms with E-state index >= 15 is 0 Å². The molecule has 4 rings (SSSR count). The van der Waals surface area contributed by atoms with Gasteiger partial charge in [0.05, 0.1) is 27.0 Å². The third kappa shape index (κ3) is 5.16. The average molecular weight is 501 g/mol. The number of nitrogens with zero attached hydrogens (tertiary/aromatic N) is 3. The van der Waals surface area contributed by atoms with Crippen LogP contribution in [0, 0.1) is 17.2 Å². The first kappa shape index (κ1) is 25.1. The molecule has 0 fully saturated rings. The van der Waals surface area contributed by atoms with Crippen LogP contribution in [0.4, 0.5) is 11.5 Å². The Morgan fingerprint density at radius 1 is 0.944 bits per heavy atom. The van der Waals surface area contributed by atoms with E-state index < -0.39 is 0 Å². The van der Waals surface area contributed by atoms with E-state index in [0.717, 1.165) is 22.2 Å². The number of thioether (sulfide) groups is 1. The molecule has 1 aromatic heterocycles. The Morgan fingerprint density at radius 3 is 2.28 bits per heavy atom. The van der Waals surface area contributed by atoms with Crippen molar-refractivity contribution >= 4 is 34.0 Å². The summed E-state index contributed by atoms with van der Waals surface area (Å²) in [7, 11) is 4.67. The van der Waals surface area contributed by atoms with Gasteiger partial charge in [0.15, 0.2) is 22.5 Å². The maximum absolute atomic E-state index is 10.3. The van der Waals surface area contributed by atoms with Gasteiger partial charge in [-0.3, -0.25) is 0 Å². The molecule has 184 valence electrons. The molecule has 0 unspecified atom stereocenters. The topological polar surface area (TPSA) is 89.3 Å². The average Bonchev–Trinajstić information content (AvgIpc) is 2.90. The van der Waals surface area contributed by atoms with E-state index in [-0.39, 0.29) is 0 Å². The fraction of sp³-hybridized carbons (Fsp3) is 0.250. The first-order valence-corrected chi connectivity index (χ1v) is 12.5. The molecule has 36 heavy (non-hydrogen) atoms. The molecule has 0 saturated heterocycles. The molecule has 7 nitrogen and oxygen atoms in total. The van der Waals surface area contributed by atoms with Crippen LogP contribution in [-0.4, -0.2) is 37.1 Å². The summed E-state index contributed by atoms with van der Waals surface area (Å²) >= 11 is 1.55. The zero-order valence-corrected chi connectivity index (χ0v) is 21.8. The van der Waals surface area contributed by atoms with Crippen LogP contribution < -0.4 is 19.5 Å². The maximum atomic E-state index is 10.3. The van der Waals surface area contributed by atoms with Gasteiger partial charge >= 0.3 is 0 Å². The van der Waals surface area contributed by atoms with Crippen molar-refractivity contribution in [1.82, 2.24) is 9.97 Å². The van der Waals surface area contributed by atoms with Gasteiger partial charge in [0.1, 0.15) is 11.6 Å². The lowest BCUT2D eigenvalue weighted by molar-refractivity contribution is 0.324. The summed E-state index contributed by atoms with van der Waals surface area (Å²) in [5.74, 6) is 3.17. The van der Waals surface area contributed by atoms with Crippen molar-refractivity contribution in [2.45, 2.75) is 19.0 Å². The lowest BCUT2D eigenvalue weighted by Gasteiger charge is -2.17. The van der Waals surface area contributed by atoms with Gasteiger partial charge < -0.3 is 19.5 Å². The molecule has 3 aromatic carbocycles. The first-order chi connectivity index (χ1) is 17.5. The smallest absolute Gasteiger partial charge is 0.203 e. The van der Waals surface area contributed by atoms with Crippen LogP contribution in [0.5, 0.6) is 17.2 Å². The molecule has 0 bridgehead atoms. The predicted octanol–water partition coefficient (Wildman–Crippen LogP) is 6.69. The van der Waals surface area contributed by atoms with Crippen molar-refractivity contribution in [2.75, 3.05) is 32.4 Å². The third-order valence-electron chi connectivity index (χ3n) is 5.53. The number of hydrogen-bond donors (Lipinski definition) is 1. The highest BCUT2D eigenvalue weighted by molar-refractivity contribution is 7.99. The van der Waals surface area contributed by atoms with Gasteiger partial charge in [0.25, 0.3) is 0 Å². The minimum absolute atomic E-state index is 0.325. The number of anilines is 2. The Labute approximate surface area is 215 Å². The quantitative estimate of drug-likeness (QED) is 0.201. The molecule has 0 atom stereocenters.